The van der Waals surface area contributed by atoms with Crippen LogP contribution in [0.5, 0.6) is 0 Å². The molecule has 0 spiro atoms. The molecule has 0 fully saturated rings. The second-order valence-electron chi connectivity index (χ2n) is 4.94. The molecular formula is C17H14ClF2NO. The number of nitrogens with zero attached hydrogens (tertiary/aromatic N) is 1. The van der Waals surface area contributed by atoms with E-state index in [1.54, 1.807) is 31.1 Å². The van der Waals surface area contributed by atoms with Gasteiger partial charge in [-0.25, -0.2) is 8.78 Å². The van der Waals surface area contributed by atoms with E-state index in [-0.39, 0.29) is 11.1 Å². The van der Waals surface area contributed by atoms with Crippen molar-refractivity contribution in [2.24, 2.45) is 0 Å². The van der Waals surface area contributed by atoms with Crippen LogP contribution in [0, 0.1) is 11.6 Å². The van der Waals surface area contributed by atoms with Gasteiger partial charge in [-0.1, -0.05) is 17.7 Å². The third-order valence-electron chi connectivity index (χ3n) is 2.97. The lowest BCUT2D eigenvalue weighted by Gasteiger charge is -2.13. The smallest absolute Gasteiger partial charge is 0.195 e. The standard InChI is InChI=1S/C17H14ClF2NO/c1-21(2)10-13(16-14(19)4-3-5-15(16)20)17(22)11-6-8-12(18)9-7-11/h3-10H,1-2H3/b13-10+. The van der Waals surface area contributed by atoms with E-state index < -0.39 is 17.4 Å². The van der Waals surface area contributed by atoms with Gasteiger partial charge in [0.1, 0.15) is 11.6 Å². The van der Waals surface area contributed by atoms with E-state index in [0.29, 0.717) is 10.6 Å². The first kappa shape index (κ1) is 16.2. The van der Waals surface area contributed by atoms with Crippen molar-refractivity contribution in [2.75, 3.05) is 14.1 Å². The average Bonchev–Trinajstić information content (AvgIpc) is 2.45. The fourth-order valence-electron chi connectivity index (χ4n) is 2.01. The van der Waals surface area contributed by atoms with Gasteiger partial charge in [-0.3, -0.25) is 4.79 Å². The fraction of sp³-hybridized carbons (Fsp3) is 0.118. The van der Waals surface area contributed by atoms with Gasteiger partial charge in [0, 0.05) is 30.9 Å². The Morgan fingerprint density at radius 3 is 2.09 bits per heavy atom. The number of benzene rings is 2. The van der Waals surface area contributed by atoms with E-state index in [1.165, 1.54) is 24.4 Å². The van der Waals surface area contributed by atoms with Crippen molar-refractivity contribution in [2.45, 2.75) is 0 Å². The Bertz CT molecular complexity index is 704. The number of ketones is 1. The number of rotatable bonds is 4. The molecule has 22 heavy (non-hydrogen) atoms. The predicted octanol–water partition coefficient (Wildman–Crippen LogP) is 4.40. The van der Waals surface area contributed by atoms with Gasteiger partial charge >= 0.3 is 0 Å². The molecule has 114 valence electrons. The van der Waals surface area contributed by atoms with Crippen LogP contribution in [-0.4, -0.2) is 24.8 Å². The summed E-state index contributed by atoms with van der Waals surface area (Å²) in [5.74, 6) is -2.04. The lowest BCUT2D eigenvalue weighted by Crippen LogP contribution is -2.11. The molecule has 2 aromatic carbocycles. The van der Waals surface area contributed by atoms with E-state index in [1.807, 2.05) is 0 Å². The summed E-state index contributed by atoms with van der Waals surface area (Å²) in [6.07, 6.45) is 1.40. The highest BCUT2D eigenvalue weighted by atomic mass is 35.5. The van der Waals surface area contributed by atoms with Crippen LogP contribution in [0.1, 0.15) is 15.9 Å². The summed E-state index contributed by atoms with van der Waals surface area (Å²) < 4.78 is 28.0. The summed E-state index contributed by atoms with van der Waals surface area (Å²) in [6.45, 7) is 0. The zero-order valence-electron chi connectivity index (χ0n) is 12.1. The Hall–Kier alpha value is -2.20. The molecule has 5 heteroatoms. The van der Waals surface area contributed by atoms with Gasteiger partial charge in [-0.05, 0) is 36.4 Å². The van der Waals surface area contributed by atoms with Crippen LogP contribution in [0.4, 0.5) is 8.78 Å². The monoisotopic (exact) mass is 321 g/mol. The first-order chi connectivity index (χ1) is 10.4. The molecule has 2 rings (SSSR count). The van der Waals surface area contributed by atoms with Crippen molar-refractivity contribution in [3.63, 3.8) is 0 Å². The molecule has 0 aliphatic rings. The van der Waals surface area contributed by atoms with Crippen LogP contribution in [-0.2, 0) is 0 Å². The van der Waals surface area contributed by atoms with Crippen LogP contribution in [0.15, 0.2) is 48.7 Å². The van der Waals surface area contributed by atoms with E-state index in [4.69, 9.17) is 11.6 Å². The molecule has 0 amide bonds. The van der Waals surface area contributed by atoms with Gasteiger partial charge in [0.25, 0.3) is 0 Å². The summed E-state index contributed by atoms with van der Waals surface area (Å²) in [5, 5.41) is 0.478. The topological polar surface area (TPSA) is 20.3 Å². The normalized spacial score (nSPS) is 11.4. The van der Waals surface area contributed by atoms with Gasteiger partial charge in [0.15, 0.2) is 5.78 Å². The molecule has 0 atom stereocenters. The average molecular weight is 322 g/mol. The van der Waals surface area contributed by atoms with Crippen molar-refractivity contribution in [1.82, 2.24) is 4.90 Å². The highest BCUT2D eigenvalue weighted by Gasteiger charge is 2.21. The molecule has 0 saturated heterocycles. The number of carbonyl (C=O) groups is 1. The molecule has 0 unspecified atom stereocenters. The van der Waals surface area contributed by atoms with E-state index in [9.17, 15) is 13.6 Å². The fourth-order valence-corrected chi connectivity index (χ4v) is 2.13. The number of allylic oxidation sites excluding steroid dienone is 1. The lowest BCUT2D eigenvalue weighted by atomic mass is 9.96. The van der Waals surface area contributed by atoms with Gasteiger partial charge < -0.3 is 4.90 Å². The van der Waals surface area contributed by atoms with Crippen molar-refractivity contribution < 1.29 is 13.6 Å². The molecule has 2 aromatic rings. The first-order valence-corrected chi connectivity index (χ1v) is 6.91. The number of halogens is 3. The van der Waals surface area contributed by atoms with Gasteiger partial charge in [-0.2, -0.15) is 0 Å². The summed E-state index contributed by atoms with van der Waals surface area (Å²) in [6, 6.07) is 9.65. The Morgan fingerprint density at radius 1 is 1.05 bits per heavy atom. The lowest BCUT2D eigenvalue weighted by molar-refractivity contribution is 0.105. The molecule has 0 aromatic heterocycles. The summed E-state index contributed by atoms with van der Waals surface area (Å²) in [5.41, 5.74) is -0.0841. The highest BCUT2D eigenvalue weighted by molar-refractivity contribution is 6.31. The molecule has 0 saturated carbocycles. The van der Waals surface area contributed by atoms with Crippen LogP contribution in [0.3, 0.4) is 0 Å². The van der Waals surface area contributed by atoms with Gasteiger partial charge in [-0.15, -0.1) is 0 Å². The number of carbonyl (C=O) groups excluding carboxylic acids is 1. The molecule has 0 radical (unpaired) electrons. The maximum atomic E-state index is 14.0. The zero-order chi connectivity index (χ0) is 16.3. The van der Waals surface area contributed by atoms with Crippen LogP contribution >= 0.6 is 11.6 Å². The van der Waals surface area contributed by atoms with Crippen LogP contribution in [0.25, 0.3) is 5.57 Å². The van der Waals surface area contributed by atoms with E-state index in [0.717, 1.165) is 12.1 Å². The Balaban J connectivity index is 2.57. The highest BCUT2D eigenvalue weighted by Crippen LogP contribution is 2.26. The zero-order valence-corrected chi connectivity index (χ0v) is 12.9. The van der Waals surface area contributed by atoms with Crippen molar-refractivity contribution in [3.8, 4) is 0 Å². The van der Waals surface area contributed by atoms with Crippen molar-refractivity contribution in [3.05, 3.63) is 76.4 Å². The molecule has 0 bridgehead atoms. The maximum absolute atomic E-state index is 14.0. The maximum Gasteiger partial charge on any atom is 0.195 e. The minimum Gasteiger partial charge on any atom is -0.383 e. The Morgan fingerprint density at radius 2 is 1.59 bits per heavy atom. The van der Waals surface area contributed by atoms with E-state index >= 15 is 0 Å². The molecule has 0 aliphatic carbocycles. The van der Waals surface area contributed by atoms with E-state index in [2.05, 4.69) is 0 Å². The Kier molecular flexibility index (Phi) is 4.93. The first-order valence-electron chi connectivity index (χ1n) is 6.53. The molecule has 2 nitrogen and oxygen atoms in total. The third-order valence-corrected chi connectivity index (χ3v) is 3.22. The molecule has 0 aliphatic heterocycles. The second kappa shape index (κ2) is 6.71. The van der Waals surface area contributed by atoms with Crippen molar-refractivity contribution in [1.29, 1.82) is 0 Å². The van der Waals surface area contributed by atoms with Crippen LogP contribution in [0.2, 0.25) is 5.02 Å². The summed E-state index contributed by atoms with van der Waals surface area (Å²) >= 11 is 5.79. The van der Waals surface area contributed by atoms with Gasteiger partial charge in [0.2, 0.25) is 0 Å². The third kappa shape index (κ3) is 3.52. The minimum atomic E-state index is -0.782. The number of hydrogen-bond acceptors (Lipinski definition) is 2. The Labute approximate surface area is 132 Å². The molecular weight excluding hydrogens is 308 g/mol. The van der Waals surface area contributed by atoms with Crippen molar-refractivity contribution >= 4 is 23.0 Å². The SMILES string of the molecule is CN(C)/C=C(/C(=O)c1ccc(Cl)cc1)c1c(F)cccc1F. The van der Waals surface area contributed by atoms with Gasteiger partial charge in [0.05, 0.1) is 11.1 Å². The predicted molar refractivity (Wildman–Crippen MR) is 83.8 cm³/mol. The number of Topliss-reactive ketones (excluding diaryl/α,β-unsaturated/α-hetero) is 1. The minimum absolute atomic E-state index is 0.0528. The number of hydrogen-bond donors (Lipinski definition) is 0. The summed E-state index contributed by atoms with van der Waals surface area (Å²) in [4.78, 5) is 14.2. The summed E-state index contributed by atoms with van der Waals surface area (Å²) in [7, 11) is 3.35. The quantitative estimate of drug-likeness (QED) is 0.614. The second-order valence-corrected chi connectivity index (χ2v) is 5.38. The molecule has 0 N–H and O–H groups in total. The largest absolute Gasteiger partial charge is 0.383 e. The molecule has 0 heterocycles. The van der Waals surface area contributed by atoms with Crippen LogP contribution < -0.4 is 0 Å².